The lowest BCUT2D eigenvalue weighted by atomic mass is 10.1. The maximum Gasteiger partial charge on any atom is 0.234 e. The number of hydrazine groups is 1. The number of hydrogen-bond donors (Lipinski definition) is 1. The summed E-state index contributed by atoms with van der Waals surface area (Å²) in [5.74, 6) is 7.52. The predicted molar refractivity (Wildman–Crippen MR) is 67.9 cm³/mol. The van der Waals surface area contributed by atoms with Gasteiger partial charge in [-0.2, -0.15) is 10.2 Å². The molecule has 0 amide bonds. The van der Waals surface area contributed by atoms with Gasteiger partial charge in [-0.25, -0.2) is 10.8 Å². The first-order chi connectivity index (χ1) is 8.11. The van der Waals surface area contributed by atoms with E-state index in [2.05, 4.69) is 32.8 Å². The van der Waals surface area contributed by atoms with E-state index in [-0.39, 0.29) is 5.82 Å². The summed E-state index contributed by atoms with van der Waals surface area (Å²) in [4.78, 5) is 8.02. The highest BCUT2D eigenvalue weighted by atomic mass is 79.9. The van der Waals surface area contributed by atoms with Crippen molar-refractivity contribution in [3.8, 4) is 6.07 Å². The van der Waals surface area contributed by atoms with Gasteiger partial charge in [0.1, 0.15) is 6.07 Å². The summed E-state index contributed by atoms with van der Waals surface area (Å²) in [6.07, 6.45) is 4.89. The molecule has 6 heteroatoms. The lowest BCUT2D eigenvalue weighted by Gasteiger charge is -2.25. The summed E-state index contributed by atoms with van der Waals surface area (Å²) in [5.41, 5.74) is 0. The second kappa shape index (κ2) is 4.98. The Kier molecular flexibility index (Phi) is 3.60. The molecule has 17 heavy (non-hydrogen) atoms. The Morgan fingerprint density at radius 1 is 1.59 bits per heavy atom. The zero-order valence-corrected chi connectivity index (χ0v) is 11.2. The minimum atomic E-state index is 0.143. The van der Waals surface area contributed by atoms with Gasteiger partial charge >= 0.3 is 0 Å². The van der Waals surface area contributed by atoms with Gasteiger partial charge in [0.25, 0.3) is 0 Å². The Morgan fingerprint density at radius 3 is 2.94 bits per heavy atom. The third-order valence-corrected chi connectivity index (χ3v) is 3.69. The highest BCUT2D eigenvalue weighted by molar-refractivity contribution is 9.10. The molecule has 2 rings (SSSR count). The van der Waals surface area contributed by atoms with Crippen LogP contribution in [0.1, 0.15) is 32.0 Å². The van der Waals surface area contributed by atoms with Crippen molar-refractivity contribution in [2.45, 2.75) is 32.2 Å². The molecule has 1 fully saturated rings. The smallest absolute Gasteiger partial charge is 0.234 e. The van der Waals surface area contributed by atoms with E-state index >= 15 is 0 Å². The molecule has 0 radical (unpaired) electrons. The summed E-state index contributed by atoms with van der Waals surface area (Å²) in [6, 6.07) is 2.22. The van der Waals surface area contributed by atoms with Gasteiger partial charge < -0.3 is 0 Å². The fourth-order valence-electron chi connectivity index (χ4n) is 2.20. The average molecular weight is 296 g/mol. The molecule has 2 atom stereocenters. The Labute approximate surface area is 109 Å². The Balaban J connectivity index is 2.24. The number of halogens is 1. The summed E-state index contributed by atoms with van der Waals surface area (Å²) >= 11 is 3.37. The monoisotopic (exact) mass is 295 g/mol. The Morgan fingerprint density at radius 2 is 2.35 bits per heavy atom. The van der Waals surface area contributed by atoms with Gasteiger partial charge in [-0.15, -0.1) is 0 Å². The molecular weight excluding hydrogens is 282 g/mol. The second-order valence-electron chi connectivity index (χ2n) is 4.46. The number of rotatable bonds is 2. The predicted octanol–water partition coefficient (Wildman–Crippen LogP) is 1.98. The van der Waals surface area contributed by atoms with Crippen molar-refractivity contribution in [1.82, 2.24) is 9.97 Å². The molecule has 90 valence electrons. The van der Waals surface area contributed by atoms with Crippen molar-refractivity contribution < 1.29 is 0 Å². The molecule has 0 spiro atoms. The molecule has 0 aliphatic heterocycles. The van der Waals surface area contributed by atoms with E-state index in [1.165, 1.54) is 6.42 Å². The van der Waals surface area contributed by atoms with Crippen LogP contribution in [0.2, 0.25) is 0 Å². The molecule has 2 unspecified atom stereocenters. The number of hydrogen-bond acceptors (Lipinski definition) is 5. The van der Waals surface area contributed by atoms with E-state index in [0.29, 0.717) is 17.8 Å². The number of nitrogens with two attached hydrogens (primary N) is 1. The van der Waals surface area contributed by atoms with Crippen LogP contribution < -0.4 is 10.9 Å². The third kappa shape index (κ3) is 2.56. The lowest BCUT2D eigenvalue weighted by molar-refractivity contribution is 0.565. The van der Waals surface area contributed by atoms with Gasteiger partial charge in [0.05, 0.1) is 4.47 Å². The largest absolute Gasteiger partial charge is 0.291 e. The van der Waals surface area contributed by atoms with E-state index in [1.807, 2.05) is 6.07 Å². The zero-order chi connectivity index (χ0) is 12.4. The Bertz CT molecular complexity index is 456. The van der Waals surface area contributed by atoms with Crippen molar-refractivity contribution in [3.63, 3.8) is 0 Å². The first-order valence-corrected chi connectivity index (χ1v) is 6.37. The van der Waals surface area contributed by atoms with Crippen LogP contribution >= 0.6 is 15.9 Å². The van der Waals surface area contributed by atoms with Gasteiger partial charge in [-0.1, -0.05) is 6.92 Å². The van der Waals surface area contributed by atoms with E-state index in [9.17, 15) is 0 Å². The van der Waals surface area contributed by atoms with Crippen molar-refractivity contribution >= 4 is 21.7 Å². The molecule has 5 nitrogen and oxygen atoms in total. The molecule has 1 aliphatic carbocycles. The summed E-state index contributed by atoms with van der Waals surface area (Å²) in [6.45, 7) is 2.23. The molecule has 1 aromatic heterocycles. The standard InChI is InChI=1S/C11H14BrN5/c1-7-2-3-8(4-7)17(14)11-9(12)6-15-10(5-13)16-11/h6-8H,2-4,14H2,1H3. The summed E-state index contributed by atoms with van der Waals surface area (Å²) < 4.78 is 0.721. The molecule has 2 N–H and O–H groups in total. The fraction of sp³-hybridized carbons (Fsp3) is 0.545. The molecule has 1 aromatic rings. The van der Waals surface area contributed by atoms with Crippen LogP contribution in [0.25, 0.3) is 0 Å². The SMILES string of the molecule is CC1CCC(N(N)c2nc(C#N)ncc2Br)C1. The van der Waals surface area contributed by atoms with Gasteiger partial charge in [-0.05, 0) is 41.1 Å². The Hall–Kier alpha value is -1.19. The molecular formula is C11H14BrN5. The first kappa shape index (κ1) is 12.3. The van der Waals surface area contributed by atoms with Gasteiger partial charge in [-0.3, -0.25) is 5.01 Å². The second-order valence-corrected chi connectivity index (χ2v) is 5.31. The summed E-state index contributed by atoms with van der Waals surface area (Å²) in [7, 11) is 0. The van der Waals surface area contributed by atoms with Crippen LogP contribution in [0.15, 0.2) is 10.7 Å². The van der Waals surface area contributed by atoms with Crippen LogP contribution in [-0.2, 0) is 0 Å². The topological polar surface area (TPSA) is 78.8 Å². The highest BCUT2D eigenvalue weighted by Crippen LogP contribution is 2.31. The average Bonchev–Trinajstić information content (AvgIpc) is 2.76. The van der Waals surface area contributed by atoms with Crippen molar-refractivity contribution in [1.29, 1.82) is 5.26 Å². The van der Waals surface area contributed by atoms with Gasteiger partial charge in [0.15, 0.2) is 5.82 Å². The molecule has 1 saturated carbocycles. The van der Waals surface area contributed by atoms with Crippen molar-refractivity contribution in [2.75, 3.05) is 5.01 Å². The van der Waals surface area contributed by atoms with Crippen LogP contribution in [0.4, 0.5) is 5.82 Å². The normalized spacial score (nSPS) is 23.4. The molecule has 0 bridgehead atoms. The molecule has 0 saturated heterocycles. The van der Waals surface area contributed by atoms with E-state index in [0.717, 1.165) is 17.3 Å². The van der Waals surface area contributed by atoms with Crippen LogP contribution in [0.3, 0.4) is 0 Å². The van der Waals surface area contributed by atoms with E-state index in [4.69, 9.17) is 11.1 Å². The van der Waals surface area contributed by atoms with Gasteiger partial charge in [0, 0.05) is 12.2 Å². The lowest BCUT2D eigenvalue weighted by Crippen LogP contribution is -2.40. The quantitative estimate of drug-likeness (QED) is 0.667. The third-order valence-electron chi connectivity index (χ3n) is 3.13. The first-order valence-electron chi connectivity index (χ1n) is 5.58. The van der Waals surface area contributed by atoms with E-state index < -0.39 is 0 Å². The minimum absolute atomic E-state index is 0.143. The maximum atomic E-state index is 8.79. The minimum Gasteiger partial charge on any atom is -0.291 e. The fourth-order valence-corrected chi connectivity index (χ4v) is 2.59. The summed E-state index contributed by atoms with van der Waals surface area (Å²) in [5, 5.41) is 10.5. The van der Waals surface area contributed by atoms with E-state index in [1.54, 1.807) is 11.2 Å². The van der Waals surface area contributed by atoms with Gasteiger partial charge in [0.2, 0.25) is 5.82 Å². The molecule has 0 aromatic carbocycles. The maximum absolute atomic E-state index is 8.79. The van der Waals surface area contributed by atoms with Crippen LogP contribution in [0, 0.1) is 17.2 Å². The number of anilines is 1. The van der Waals surface area contributed by atoms with Crippen LogP contribution in [-0.4, -0.2) is 16.0 Å². The number of nitriles is 1. The molecule has 1 aliphatic rings. The molecule has 1 heterocycles. The van der Waals surface area contributed by atoms with Crippen molar-refractivity contribution in [3.05, 3.63) is 16.5 Å². The number of aromatic nitrogens is 2. The zero-order valence-electron chi connectivity index (χ0n) is 9.60. The van der Waals surface area contributed by atoms with Crippen LogP contribution in [0.5, 0.6) is 0 Å². The number of nitrogens with zero attached hydrogens (tertiary/aromatic N) is 4. The van der Waals surface area contributed by atoms with Crippen molar-refractivity contribution in [2.24, 2.45) is 11.8 Å². The highest BCUT2D eigenvalue weighted by Gasteiger charge is 2.27.